The van der Waals surface area contributed by atoms with Crippen LogP contribution < -0.4 is 5.73 Å². The molecule has 0 radical (unpaired) electrons. The fourth-order valence-electron chi connectivity index (χ4n) is 1.11. The lowest BCUT2D eigenvalue weighted by atomic mass is 10.3. The van der Waals surface area contributed by atoms with Crippen molar-refractivity contribution in [2.75, 3.05) is 19.3 Å². The Balaban J connectivity index is 2.88. The largest absolute Gasteiger partial charge is 0.384 e. The molecule has 0 bridgehead atoms. The number of rotatable bonds is 3. The highest BCUT2D eigenvalue weighted by Crippen LogP contribution is 2.16. The van der Waals surface area contributed by atoms with Crippen molar-refractivity contribution in [2.24, 2.45) is 0 Å². The number of carbonyl (C=O) groups excluding carboxylic acids is 1. The van der Waals surface area contributed by atoms with Gasteiger partial charge in [0.25, 0.3) is 5.91 Å². The van der Waals surface area contributed by atoms with Crippen LogP contribution in [0.4, 0.5) is 5.82 Å². The molecule has 0 aliphatic rings. The monoisotopic (exact) mass is 238 g/mol. The van der Waals surface area contributed by atoms with Crippen LogP contribution in [0, 0.1) is 11.3 Å². The van der Waals surface area contributed by atoms with E-state index in [0.717, 1.165) is 0 Å². The zero-order valence-corrected chi connectivity index (χ0v) is 9.53. The summed E-state index contributed by atoms with van der Waals surface area (Å²) in [4.78, 5) is 17.1. The highest BCUT2D eigenvalue weighted by molar-refractivity contribution is 6.33. The average molecular weight is 239 g/mol. The highest BCUT2D eigenvalue weighted by atomic mass is 35.5. The van der Waals surface area contributed by atoms with E-state index in [1.165, 1.54) is 17.0 Å². The number of amides is 1. The van der Waals surface area contributed by atoms with Crippen LogP contribution in [0.1, 0.15) is 16.9 Å². The van der Waals surface area contributed by atoms with Crippen LogP contribution in [0.5, 0.6) is 0 Å². The van der Waals surface area contributed by atoms with E-state index in [1.54, 1.807) is 7.05 Å². The van der Waals surface area contributed by atoms with Crippen LogP contribution in [0.15, 0.2) is 12.1 Å². The third-order valence-electron chi connectivity index (χ3n) is 1.98. The lowest BCUT2D eigenvalue weighted by Gasteiger charge is -2.15. The van der Waals surface area contributed by atoms with E-state index >= 15 is 0 Å². The van der Waals surface area contributed by atoms with E-state index in [2.05, 4.69) is 4.98 Å². The molecule has 1 rings (SSSR count). The van der Waals surface area contributed by atoms with Crippen molar-refractivity contribution in [3.8, 4) is 6.07 Å². The lowest BCUT2D eigenvalue weighted by Crippen LogP contribution is -2.28. The van der Waals surface area contributed by atoms with Crippen molar-refractivity contribution < 1.29 is 4.79 Å². The summed E-state index contributed by atoms with van der Waals surface area (Å²) in [6, 6.07) is 5.00. The van der Waals surface area contributed by atoms with Crippen molar-refractivity contribution in [3.05, 3.63) is 22.8 Å². The minimum absolute atomic E-state index is 0.113. The Hall–Kier alpha value is -1.80. The summed E-state index contributed by atoms with van der Waals surface area (Å²) in [6.45, 7) is 0.335. The minimum Gasteiger partial charge on any atom is -0.384 e. The number of hydrogen-bond acceptors (Lipinski definition) is 4. The van der Waals surface area contributed by atoms with Gasteiger partial charge in [-0.3, -0.25) is 4.79 Å². The third-order valence-corrected chi connectivity index (χ3v) is 2.28. The number of anilines is 1. The molecule has 0 unspecified atom stereocenters. The van der Waals surface area contributed by atoms with Gasteiger partial charge in [0.15, 0.2) is 0 Å². The molecule has 1 amide bonds. The predicted molar refractivity (Wildman–Crippen MR) is 60.8 cm³/mol. The van der Waals surface area contributed by atoms with E-state index < -0.39 is 0 Å². The number of aromatic nitrogens is 1. The van der Waals surface area contributed by atoms with Crippen molar-refractivity contribution in [1.29, 1.82) is 5.26 Å². The predicted octanol–water partition coefficient (Wildman–Crippen LogP) is 1.30. The maximum atomic E-state index is 11.8. The first-order valence-electron chi connectivity index (χ1n) is 4.60. The van der Waals surface area contributed by atoms with Crippen LogP contribution >= 0.6 is 11.6 Å². The molecule has 16 heavy (non-hydrogen) atoms. The second kappa shape index (κ2) is 5.33. The van der Waals surface area contributed by atoms with Crippen molar-refractivity contribution in [1.82, 2.24) is 9.88 Å². The Labute approximate surface area is 98.4 Å². The molecule has 0 fully saturated rings. The number of nitrogens with zero attached hydrogens (tertiary/aromatic N) is 3. The zero-order valence-electron chi connectivity index (χ0n) is 8.77. The molecule has 5 nitrogen and oxygen atoms in total. The molecule has 0 saturated carbocycles. The average Bonchev–Trinajstić information content (AvgIpc) is 2.28. The SMILES string of the molecule is CN(CCC#N)C(=O)c1nc(N)ccc1Cl. The van der Waals surface area contributed by atoms with Crippen molar-refractivity contribution >= 4 is 23.3 Å². The molecule has 0 atom stereocenters. The Morgan fingerprint density at radius 2 is 2.38 bits per heavy atom. The first-order chi connectivity index (χ1) is 7.56. The molecule has 0 aliphatic heterocycles. The smallest absolute Gasteiger partial charge is 0.273 e. The molecule has 0 saturated heterocycles. The summed E-state index contributed by atoms with van der Waals surface area (Å²) in [5, 5.41) is 8.67. The molecule has 1 heterocycles. The normalized spacial score (nSPS) is 9.56. The van der Waals surface area contributed by atoms with Gasteiger partial charge in [0.1, 0.15) is 11.5 Å². The topological polar surface area (TPSA) is 83.0 Å². The fraction of sp³-hybridized carbons (Fsp3) is 0.300. The van der Waals surface area contributed by atoms with E-state index in [-0.39, 0.29) is 28.9 Å². The van der Waals surface area contributed by atoms with Gasteiger partial charge in [-0.25, -0.2) is 4.98 Å². The van der Waals surface area contributed by atoms with Gasteiger partial charge in [0.05, 0.1) is 17.5 Å². The van der Waals surface area contributed by atoms with E-state index in [1.807, 2.05) is 6.07 Å². The molecule has 6 heteroatoms. The molecule has 2 N–H and O–H groups in total. The number of hydrogen-bond donors (Lipinski definition) is 1. The number of nitrogens with two attached hydrogens (primary N) is 1. The number of nitrogen functional groups attached to an aromatic ring is 1. The minimum atomic E-state index is -0.340. The second-order valence-electron chi connectivity index (χ2n) is 3.20. The standard InChI is InChI=1S/C10H11ClN4O/c1-15(6-2-5-12)10(16)9-7(11)3-4-8(13)14-9/h3-4H,2,6H2,1H3,(H2,13,14). The Kier molecular flexibility index (Phi) is 4.09. The van der Waals surface area contributed by atoms with Gasteiger partial charge in [0, 0.05) is 13.6 Å². The van der Waals surface area contributed by atoms with Crippen LogP contribution in [-0.2, 0) is 0 Å². The molecule has 0 aromatic carbocycles. The summed E-state index contributed by atoms with van der Waals surface area (Å²) < 4.78 is 0. The van der Waals surface area contributed by atoms with Gasteiger partial charge in [0.2, 0.25) is 0 Å². The van der Waals surface area contributed by atoms with Crippen LogP contribution in [0.3, 0.4) is 0 Å². The summed E-state index contributed by atoms with van der Waals surface area (Å²) in [6.07, 6.45) is 0.266. The Morgan fingerprint density at radius 3 is 3.00 bits per heavy atom. The van der Waals surface area contributed by atoms with Gasteiger partial charge in [-0.2, -0.15) is 5.26 Å². The van der Waals surface area contributed by atoms with Gasteiger partial charge >= 0.3 is 0 Å². The first-order valence-corrected chi connectivity index (χ1v) is 4.98. The summed E-state index contributed by atoms with van der Waals surface area (Å²) >= 11 is 5.84. The Morgan fingerprint density at radius 1 is 1.69 bits per heavy atom. The van der Waals surface area contributed by atoms with Crippen LogP contribution in [-0.4, -0.2) is 29.4 Å². The van der Waals surface area contributed by atoms with Gasteiger partial charge in [-0.15, -0.1) is 0 Å². The molecule has 1 aromatic rings. The summed E-state index contributed by atoms with van der Waals surface area (Å²) in [5.41, 5.74) is 5.59. The maximum Gasteiger partial charge on any atom is 0.273 e. The van der Waals surface area contributed by atoms with E-state index in [0.29, 0.717) is 6.54 Å². The number of pyridine rings is 1. The lowest BCUT2D eigenvalue weighted by molar-refractivity contribution is 0.0792. The van der Waals surface area contributed by atoms with E-state index in [9.17, 15) is 4.79 Å². The van der Waals surface area contributed by atoms with Crippen LogP contribution in [0.2, 0.25) is 5.02 Å². The molecule has 1 aromatic heterocycles. The van der Waals surface area contributed by atoms with Crippen molar-refractivity contribution in [2.45, 2.75) is 6.42 Å². The molecule has 84 valence electrons. The number of carbonyl (C=O) groups is 1. The third kappa shape index (κ3) is 2.84. The maximum absolute atomic E-state index is 11.8. The molecular weight excluding hydrogens is 228 g/mol. The van der Waals surface area contributed by atoms with E-state index in [4.69, 9.17) is 22.6 Å². The second-order valence-corrected chi connectivity index (χ2v) is 3.61. The first kappa shape index (κ1) is 12.3. The van der Waals surface area contributed by atoms with Gasteiger partial charge < -0.3 is 10.6 Å². The zero-order chi connectivity index (χ0) is 12.1. The number of nitriles is 1. The Bertz CT molecular complexity index is 441. The van der Waals surface area contributed by atoms with Crippen LogP contribution in [0.25, 0.3) is 0 Å². The quantitative estimate of drug-likeness (QED) is 0.861. The fourth-order valence-corrected chi connectivity index (χ4v) is 1.29. The highest BCUT2D eigenvalue weighted by Gasteiger charge is 2.16. The number of halogens is 1. The van der Waals surface area contributed by atoms with Crippen molar-refractivity contribution in [3.63, 3.8) is 0 Å². The molecule has 0 spiro atoms. The van der Waals surface area contributed by atoms with Gasteiger partial charge in [-0.05, 0) is 12.1 Å². The van der Waals surface area contributed by atoms with Gasteiger partial charge in [-0.1, -0.05) is 11.6 Å². The summed E-state index contributed by atoms with van der Waals surface area (Å²) in [7, 11) is 1.58. The summed E-state index contributed by atoms with van der Waals surface area (Å²) in [5.74, 6) is -0.103. The molecule has 0 aliphatic carbocycles. The molecular formula is C10H11ClN4O.